The van der Waals surface area contributed by atoms with Crippen LogP contribution in [0.1, 0.15) is 22.5 Å². The molecule has 1 aromatic carbocycles. The van der Waals surface area contributed by atoms with Gasteiger partial charge in [-0.15, -0.1) is 11.3 Å². The van der Waals surface area contributed by atoms with Gasteiger partial charge in [0.1, 0.15) is 17.5 Å². The first-order valence-electron chi connectivity index (χ1n) is 9.36. The predicted molar refractivity (Wildman–Crippen MR) is 123 cm³/mol. The number of anilines is 1. The lowest BCUT2D eigenvalue weighted by atomic mass is 9.96. The molecule has 0 aliphatic rings. The molecule has 0 saturated carbocycles. The number of phenols is 1. The summed E-state index contributed by atoms with van der Waals surface area (Å²) in [6.07, 6.45) is 1.21. The summed E-state index contributed by atoms with van der Waals surface area (Å²) in [7, 11) is -2.17. The molecule has 2 aromatic rings. The van der Waals surface area contributed by atoms with Gasteiger partial charge < -0.3 is 20.6 Å². The Labute approximate surface area is 190 Å². The molecule has 0 aliphatic heterocycles. The van der Waals surface area contributed by atoms with Crippen molar-refractivity contribution in [1.82, 2.24) is 10.3 Å². The van der Waals surface area contributed by atoms with Gasteiger partial charge in [-0.05, 0) is 42.5 Å². The van der Waals surface area contributed by atoms with Crippen LogP contribution in [0.5, 0.6) is 5.75 Å². The van der Waals surface area contributed by atoms with Gasteiger partial charge in [-0.2, -0.15) is 11.8 Å². The minimum absolute atomic E-state index is 0.0111. The number of carbonyl (C=O) groups is 1. The fraction of sp³-hybridized carbons (Fsp3) is 0.474. The van der Waals surface area contributed by atoms with E-state index < -0.39 is 34.2 Å². The second-order valence-corrected chi connectivity index (χ2v) is 10.9. The van der Waals surface area contributed by atoms with Gasteiger partial charge in [0.2, 0.25) is 10.0 Å². The first-order valence-corrected chi connectivity index (χ1v) is 13.5. The lowest BCUT2D eigenvalue weighted by Gasteiger charge is -2.27. The van der Waals surface area contributed by atoms with Crippen molar-refractivity contribution in [2.75, 3.05) is 29.6 Å². The van der Waals surface area contributed by atoms with Gasteiger partial charge in [0.15, 0.2) is 5.13 Å². The molecule has 1 aromatic heterocycles. The molecule has 0 saturated heterocycles. The SMILES string of the molecule is CSCCC(O)C(O)C(Cc1ccc(O)cc1)NC(=O)c1csc(N(C)S(C)(=O)=O)n1. The van der Waals surface area contributed by atoms with Gasteiger partial charge >= 0.3 is 0 Å². The van der Waals surface area contributed by atoms with E-state index in [0.717, 1.165) is 27.5 Å². The van der Waals surface area contributed by atoms with E-state index in [2.05, 4.69) is 10.3 Å². The number of thiazole rings is 1. The normalized spacial score (nSPS) is 14.6. The van der Waals surface area contributed by atoms with E-state index in [9.17, 15) is 28.5 Å². The standard InChI is InChI=1S/C19H27N3O6S3/c1-22(31(3,27)28)19-21-15(11-30-19)18(26)20-14(17(25)16(24)8-9-29-2)10-12-4-6-13(23)7-5-12/h4-7,11,14,16-17,23-25H,8-10H2,1-3H3,(H,20,26). The summed E-state index contributed by atoms with van der Waals surface area (Å²) in [5.41, 5.74) is 0.756. The Balaban J connectivity index is 2.20. The van der Waals surface area contributed by atoms with Crippen LogP contribution in [0.3, 0.4) is 0 Å². The first-order chi connectivity index (χ1) is 14.5. The van der Waals surface area contributed by atoms with Crippen molar-refractivity contribution in [2.45, 2.75) is 31.1 Å². The Morgan fingerprint density at radius 2 is 1.94 bits per heavy atom. The van der Waals surface area contributed by atoms with Crippen molar-refractivity contribution in [3.8, 4) is 5.75 Å². The number of aliphatic hydroxyl groups is 2. The second-order valence-electron chi connectivity index (χ2n) is 7.04. The molecule has 1 heterocycles. The largest absolute Gasteiger partial charge is 0.508 e. The maximum atomic E-state index is 12.8. The molecule has 9 nitrogen and oxygen atoms in total. The fourth-order valence-corrected chi connectivity index (χ4v) is 4.73. The number of hydrogen-bond donors (Lipinski definition) is 4. The average Bonchev–Trinajstić information content (AvgIpc) is 3.21. The zero-order chi connectivity index (χ0) is 23.2. The molecule has 3 atom stereocenters. The van der Waals surface area contributed by atoms with E-state index in [1.165, 1.54) is 36.3 Å². The monoisotopic (exact) mass is 489 g/mol. The minimum Gasteiger partial charge on any atom is -0.508 e. The van der Waals surface area contributed by atoms with Crippen LogP contribution < -0.4 is 9.62 Å². The van der Waals surface area contributed by atoms with Crippen LogP contribution >= 0.6 is 23.1 Å². The topological polar surface area (TPSA) is 140 Å². The molecule has 12 heteroatoms. The first kappa shape index (κ1) is 25.4. The van der Waals surface area contributed by atoms with E-state index in [0.29, 0.717) is 12.2 Å². The van der Waals surface area contributed by atoms with E-state index in [1.807, 2.05) is 6.26 Å². The molecule has 172 valence electrons. The zero-order valence-corrected chi connectivity index (χ0v) is 19.9. The van der Waals surface area contributed by atoms with Gasteiger partial charge in [0, 0.05) is 12.4 Å². The smallest absolute Gasteiger partial charge is 0.271 e. The number of rotatable bonds is 11. The molecule has 0 spiro atoms. The van der Waals surface area contributed by atoms with E-state index in [4.69, 9.17) is 0 Å². The lowest BCUT2D eigenvalue weighted by Crippen LogP contribution is -2.50. The molecular weight excluding hydrogens is 462 g/mol. The number of carbonyl (C=O) groups excluding carboxylic acids is 1. The van der Waals surface area contributed by atoms with E-state index in [1.54, 1.807) is 12.1 Å². The van der Waals surface area contributed by atoms with Gasteiger partial charge in [0.25, 0.3) is 5.91 Å². The number of nitrogens with one attached hydrogen (secondary N) is 1. The summed E-state index contributed by atoms with van der Waals surface area (Å²) in [6.45, 7) is 0. The summed E-state index contributed by atoms with van der Waals surface area (Å²) in [6, 6.07) is 5.50. The quantitative estimate of drug-likeness (QED) is 0.367. The van der Waals surface area contributed by atoms with Crippen LogP contribution in [0.15, 0.2) is 29.6 Å². The van der Waals surface area contributed by atoms with Crippen molar-refractivity contribution in [1.29, 1.82) is 0 Å². The Hall–Kier alpha value is -1.86. The minimum atomic E-state index is -3.52. The van der Waals surface area contributed by atoms with Gasteiger partial charge in [-0.3, -0.25) is 4.79 Å². The Morgan fingerprint density at radius 3 is 2.52 bits per heavy atom. The number of aromatic hydroxyl groups is 1. The lowest BCUT2D eigenvalue weighted by molar-refractivity contribution is -0.00409. The van der Waals surface area contributed by atoms with Crippen molar-refractivity contribution >= 4 is 44.2 Å². The second kappa shape index (κ2) is 11.1. The number of hydrogen-bond acceptors (Lipinski definition) is 9. The summed E-state index contributed by atoms with van der Waals surface area (Å²) in [4.78, 5) is 16.8. The van der Waals surface area contributed by atoms with Gasteiger partial charge in [-0.25, -0.2) is 17.7 Å². The number of benzene rings is 1. The van der Waals surface area contributed by atoms with Crippen LogP contribution in [-0.4, -0.2) is 78.2 Å². The third-order valence-corrected chi connectivity index (χ3v) is 7.47. The van der Waals surface area contributed by atoms with Crippen molar-refractivity contribution < 1.29 is 28.5 Å². The van der Waals surface area contributed by atoms with Crippen LogP contribution in [-0.2, 0) is 16.4 Å². The highest BCUT2D eigenvalue weighted by molar-refractivity contribution is 7.98. The highest BCUT2D eigenvalue weighted by atomic mass is 32.2. The maximum absolute atomic E-state index is 12.8. The van der Waals surface area contributed by atoms with E-state index >= 15 is 0 Å². The number of aliphatic hydroxyl groups excluding tert-OH is 2. The Bertz CT molecular complexity index is 965. The van der Waals surface area contributed by atoms with Gasteiger partial charge in [0.05, 0.1) is 18.4 Å². The Morgan fingerprint density at radius 1 is 1.29 bits per heavy atom. The highest BCUT2D eigenvalue weighted by Crippen LogP contribution is 2.22. The van der Waals surface area contributed by atoms with Crippen LogP contribution in [0.4, 0.5) is 5.13 Å². The predicted octanol–water partition coefficient (Wildman–Crippen LogP) is 1.06. The Kier molecular flexibility index (Phi) is 9.13. The summed E-state index contributed by atoms with van der Waals surface area (Å²) in [5, 5.41) is 34.8. The molecule has 0 bridgehead atoms. The number of aromatic nitrogens is 1. The van der Waals surface area contributed by atoms with Crippen molar-refractivity contribution in [3.05, 3.63) is 40.9 Å². The van der Waals surface area contributed by atoms with Crippen molar-refractivity contribution in [3.63, 3.8) is 0 Å². The summed E-state index contributed by atoms with van der Waals surface area (Å²) in [5.74, 6) is 0.143. The number of sulfonamides is 1. The average molecular weight is 490 g/mol. The van der Waals surface area contributed by atoms with E-state index in [-0.39, 0.29) is 23.0 Å². The highest BCUT2D eigenvalue weighted by Gasteiger charge is 2.29. The van der Waals surface area contributed by atoms with Gasteiger partial charge in [-0.1, -0.05) is 12.1 Å². The van der Waals surface area contributed by atoms with Crippen LogP contribution in [0, 0.1) is 0 Å². The molecule has 0 aliphatic carbocycles. The maximum Gasteiger partial charge on any atom is 0.271 e. The number of nitrogens with zero attached hydrogens (tertiary/aromatic N) is 2. The zero-order valence-electron chi connectivity index (χ0n) is 17.4. The summed E-state index contributed by atoms with van der Waals surface area (Å²) < 4.78 is 24.3. The van der Waals surface area contributed by atoms with Crippen LogP contribution in [0.2, 0.25) is 0 Å². The number of amides is 1. The molecule has 0 fully saturated rings. The molecule has 4 N–H and O–H groups in total. The third kappa shape index (κ3) is 7.35. The summed E-state index contributed by atoms with van der Waals surface area (Å²) >= 11 is 2.54. The number of phenolic OH excluding ortho intramolecular Hbond substituents is 1. The third-order valence-electron chi connectivity index (χ3n) is 4.62. The molecule has 2 rings (SSSR count). The molecule has 3 unspecified atom stereocenters. The molecular formula is C19H27N3O6S3. The number of thioether (sulfide) groups is 1. The van der Waals surface area contributed by atoms with Crippen molar-refractivity contribution in [2.24, 2.45) is 0 Å². The fourth-order valence-electron chi connectivity index (χ4n) is 2.72. The molecule has 1 amide bonds. The molecule has 0 radical (unpaired) electrons. The van der Waals surface area contributed by atoms with Crippen LogP contribution in [0.25, 0.3) is 0 Å². The molecule has 31 heavy (non-hydrogen) atoms.